The normalized spacial score (nSPS) is 8.90. The van der Waals surface area contributed by atoms with Gasteiger partial charge in [0.25, 0.3) is 0 Å². The molecule has 0 saturated heterocycles. The number of hydrogen-bond donors (Lipinski definition) is 0. The first-order valence-corrected chi connectivity index (χ1v) is 2.77. The Morgan fingerprint density at radius 3 is 3.10 bits per heavy atom. The molecule has 0 aliphatic carbocycles. The van der Waals surface area contributed by atoms with E-state index in [1.807, 2.05) is 6.92 Å². The average Bonchev–Trinajstić information content (AvgIpc) is 2.36. The lowest BCUT2D eigenvalue weighted by molar-refractivity contribution is 0.304. The van der Waals surface area contributed by atoms with Crippen LogP contribution in [0.25, 0.3) is 0 Å². The third-order valence-corrected chi connectivity index (χ3v) is 1.02. The molecule has 0 spiro atoms. The first kappa shape index (κ1) is 6.64. The Labute approximate surface area is 56.7 Å². The van der Waals surface area contributed by atoms with Crippen LogP contribution in [0.5, 0.6) is 0 Å². The molecule has 0 N–H and O–H groups in total. The lowest BCUT2D eigenvalue weighted by atomic mass is 10.3. The maximum atomic E-state index is 9.74. The molecular weight excluding hydrogens is 134 g/mol. The van der Waals surface area contributed by atoms with Gasteiger partial charge >= 0.3 is 0 Å². The van der Waals surface area contributed by atoms with Gasteiger partial charge in [0.1, 0.15) is 5.69 Å². The molecule has 0 amide bonds. The molecule has 1 aromatic rings. The van der Waals surface area contributed by atoms with E-state index in [-0.39, 0.29) is 5.82 Å². The van der Waals surface area contributed by atoms with Crippen LogP contribution in [0.2, 0.25) is 0 Å². The van der Waals surface area contributed by atoms with E-state index >= 15 is 0 Å². The van der Waals surface area contributed by atoms with Gasteiger partial charge in [0, 0.05) is 0 Å². The van der Waals surface area contributed by atoms with Gasteiger partial charge in [-0.1, -0.05) is 12.1 Å². The molecule has 0 saturated carbocycles. The summed E-state index contributed by atoms with van der Waals surface area (Å²) in [5.41, 5.74) is 0.573. The second-order valence-corrected chi connectivity index (χ2v) is 1.59. The zero-order valence-corrected chi connectivity index (χ0v) is 5.37. The lowest BCUT2D eigenvalue weighted by Crippen LogP contribution is -1.77. The van der Waals surface area contributed by atoms with Crippen LogP contribution in [0.15, 0.2) is 9.62 Å². The Bertz CT molecular complexity index is 262. The third-order valence-electron chi connectivity index (χ3n) is 1.02. The van der Waals surface area contributed by atoms with E-state index in [1.54, 1.807) is 0 Å². The first-order valence-electron chi connectivity index (χ1n) is 2.77. The Balaban J connectivity index is 3.00. The fourth-order valence-electron chi connectivity index (χ4n) is 0.553. The number of hydrogen-bond acceptors (Lipinski definition) is 5. The molecule has 10 heavy (non-hydrogen) atoms. The molecule has 0 radical (unpaired) electrons. The number of aromatic nitrogens is 2. The standard InChI is InChI=1S/C5H5N3O2/c1-2-4-5(6-3-9)8-10-7-4/h2H2,1H3. The first-order chi connectivity index (χ1) is 4.88. The lowest BCUT2D eigenvalue weighted by Gasteiger charge is -1.80. The highest BCUT2D eigenvalue weighted by Gasteiger charge is 2.04. The Morgan fingerprint density at radius 1 is 1.70 bits per heavy atom. The SMILES string of the molecule is CCc1nonc1N=C=O. The smallest absolute Gasteiger partial charge is 0.242 e. The van der Waals surface area contributed by atoms with Crippen LogP contribution in [0, 0.1) is 0 Å². The highest BCUT2D eigenvalue weighted by molar-refractivity contribution is 5.45. The van der Waals surface area contributed by atoms with Crippen molar-refractivity contribution in [3.8, 4) is 0 Å². The number of rotatable bonds is 2. The van der Waals surface area contributed by atoms with Crippen molar-refractivity contribution >= 4 is 11.9 Å². The summed E-state index contributed by atoms with van der Waals surface area (Å²) in [6.07, 6.45) is 2.00. The molecule has 1 aromatic heterocycles. The van der Waals surface area contributed by atoms with Crippen LogP contribution in [0.1, 0.15) is 12.6 Å². The van der Waals surface area contributed by atoms with E-state index in [1.165, 1.54) is 6.08 Å². The van der Waals surface area contributed by atoms with Crippen molar-refractivity contribution in [3.63, 3.8) is 0 Å². The minimum atomic E-state index is 0.220. The molecule has 0 fully saturated rings. The van der Waals surface area contributed by atoms with E-state index in [0.29, 0.717) is 12.1 Å². The van der Waals surface area contributed by atoms with Gasteiger partial charge in [0.05, 0.1) is 0 Å². The minimum absolute atomic E-state index is 0.220. The van der Waals surface area contributed by atoms with E-state index in [4.69, 9.17) is 0 Å². The number of aryl methyl sites for hydroxylation is 1. The van der Waals surface area contributed by atoms with Gasteiger partial charge in [0.2, 0.25) is 11.9 Å². The van der Waals surface area contributed by atoms with Gasteiger partial charge in [-0.25, -0.2) is 9.42 Å². The van der Waals surface area contributed by atoms with E-state index < -0.39 is 0 Å². The maximum Gasteiger partial charge on any atom is 0.242 e. The van der Waals surface area contributed by atoms with Crippen molar-refractivity contribution in [3.05, 3.63) is 5.69 Å². The van der Waals surface area contributed by atoms with Gasteiger partial charge in [-0.15, -0.1) is 4.99 Å². The highest BCUT2D eigenvalue weighted by atomic mass is 16.6. The second-order valence-electron chi connectivity index (χ2n) is 1.59. The van der Waals surface area contributed by atoms with Crippen molar-refractivity contribution in [2.24, 2.45) is 4.99 Å². The summed E-state index contributed by atoms with van der Waals surface area (Å²) < 4.78 is 4.32. The predicted molar refractivity (Wildman–Crippen MR) is 31.5 cm³/mol. The van der Waals surface area contributed by atoms with Crippen LogP contribution in [0.3, 0.4) is 0 Å². The fourth-order valence-corrected chi connectivity index (χ4v) is 0.553. The van der Waals surface area contributed by atoms with Gasteiger partial charge in [-0.3, -0.25) is 0 Å². The summed E-state index contributed by atoms with van der Waals surface area (Å²) >= 11 is 0. The van der Waals surface area contributed by atoms with E-state index in [9.17, 15) is 4.79 Å². The molecule has 0 bridgehead atoms. The van der Waals surface area contributed by atoms with Crippen molar-refractivity contribution in [1.82, 2.24) is 10.3 Å². The van der Waals surface area contributed by atoms with E-state index in [2.05, 4.69) is 19.9 Å². The van der Waals surface area contributed by atoms with Crippen LogP contribution in [0.4, 0.5) is 5.82 Å². The monoisotopic (exact) mass is 139 g/mol. The molecule has 52 valence electrons. The van der Waals surface area contributed by atoms with Crippen molar-refractivity contribution in [1.29, 1.82) is 0 Å². The Kier molecular flexibility index (Phi) is 1.92. The quantitative estimate of drug-likeness (QED) is 0.444. The molecular formula is C5H5N3O2. The molecule has 0 aliphatic rings. The van der Waals surface area contributed by atoms with Crippen molar-refractivity contribution in [2.75, 3.05) is 0 Å². The van der Waals surface area contributed by atoms with Gasteiger partial charge in [-0.05, 0) is 11.6 Å². The van der Waals surface area contributed by atoms with Crippen LogP contribution >= 0.6 is 0 Å². The molecule has 0 aliphatic heterocycles. The van der Waals surface area contributed by atoms with Crippen LogP contribution < -0.4 is 0 Å². The Hall–Kier alpha value is -1.48. The summed E-state index contributed by atoms with van der Waals surface area (Å²) in [6.45, 7) is 1.86. The zero-order valence-electron chi connectivity index (χ0n) is 5.37. The van der Waals surface area contributed by atoms with Crippen LogP contribution in [-0.4, -0.2) is 16.4 Å². The third kappa shape index (κ3) is 1.09. The summed E-state index contributed by atoms with van der Waals surface area (Å²) in [7, 11) is 0. The maximum absolute atomic E-state index is 9.74. The molecule has 0 atom stereocenters. The summed E-state index contributed by atoms with van der Waals surface area (Å²) in [6, 6.07) is 0. The molecule has 5 heteroatoms. The topological polar surface area (TPSA) is 68.3 Å². The Morgan fingerprint density at radius 2 is 2.50 bits per heavy atom. The molecule has 1 heterocycles. The van der Waals surface area contributed by atoms with Crippen molar-refractivity contribution < 1.29 is 9.42 Å². The fraction of sp³-hybridized carbons (Fsp3) is 0.400. The summed E-state index contributed by atoms with van der Waals surface area (Å²) in [4.78, 5) is 13.0. The predicted octanol–water partition coefficient (Wildman–Crippen LogP) is 0.599. The molecule has 0 unspecified atom stereocenters. The molecule has 0 aromatic carbocycles. The number of nitrogens with zero attached hydrogens (tertiary/aromatic N) is 3. The summed E-state index contributed by atoms with van der Waals surface area (Å²) in [5, 5.41) is 6.86. The van der Waals surface area contributed by atoms with Crippen LogP contribution in [-0.2, 0) is 11.2 Å². The summed E-state index contributed by atoms with van der Waals surface area (Å²) in [5.74, 6) is 0.220. The zero-order chi connectivity index (χ0) is 7.40. The second kappa shape index (κ2) is 2.89. The molecule has 1 rings (SSSR count). The van der Waals surface area contributed by atoms with Gasteiger partial charge < -0.3 is 0 Å². The van der Waals surface area contributed by atoms with Gasteiger partial charge in [0.15, 0.2) is 0 Å². The van der Waals surface area contributed by atoms with Crippen molar-refractivity contribution in [2.45, 2.75) is 13.3 Å². The van der Waals surface area contributed by atoms with Gasteiger partial charge in [-0.2, -0.15) is 0 Å². The number of isocyanates is 1. The number of aliphatic imine (C=N–C) groups is 1. The number of carbonyl (C=O) groups excluding carboxylic acids is 1. The minimum Gasteiger partial charge on any atom is -0.242 e. The molecule has 5 nitrogen and oxygen atoms in total. The largest absolute Gasteiger partial charge is 0.242 e. The highest BCUT2D eigenvalue weighted by Crippen LogP contribution is 2.11. The van der Waals surface area contributed by atoms with E-state index in [0.717, 1.165) is 0 Å². The average molecular weight is 139 g/mol.